The van der Waals surface area contributed by atoms with E-state index in [0.717, 1.165) is 29.9 Å². The lowest BCUT2D eigenvalue weighted by Crippen LogP contribution is -2.57. The van der Waals surface area contributed by atoms with E-state index in [4.69, 9.17) is 0 Å². The van der Waals surface area contributed by atoms with Crippen LogP contribution in [0.5, 0.6) is 0 Å². The van der Waals surface area contributed by atoms with Crippen LogP contribution in [0.25, 0.3) is 6.08 Å². The molecule has 0 aromatic heterocycles. The normalized spacial score (nSPS) is 24.4. The first-order chi connectivity index (χ1) is 30.0. The summed E-state index contributed by atoms with van der Waals surface area (Å²) in [5, 5.41) is 3.94. The molecule has 1 saturated carbocycles. The SMILES string of the molecule is CC(C)(C)c1ccc(N\C=C2/B3C4=CCCC5=C4N(/C2=C/C(N(c2ccc(C(C)(C)C)cc2)c2ccc(C(C)(C)C)cc2)=C\c2ccc(C(C)(C)C)cc23)C2(C)CCCCC52C)cc1. The molecule has 1 saturated heterocycles. The zero-order valence-corrected chi connectivity index (χ0v) is 41.7. The van der Waals surface area contributed by atoms with Crippen LogP contribution in [0.3, 0.4) is 0 Å². The highest BCUT2D eigenvalue weighted by Gasteiger charge is 2.62. The number of allylic oxidation sites excluding steroid dienone is 4. The highest BCUT2D eigenvalue weighted by Crippen LogP contribution is 2.65. The molecule has 2 atom stereocenters. The van der Waals surface area contributed by atoms with Gasteiger partial charge in [-0.1, -0.05) is 169 Å². The molecule has 3 aliphatic heterocycles. The molecule has 4 aromatic carbocycles. The van der Waals surface area contributed by atoms with Crippen LogP contribution in [-0.2, 0) is 21.7 Å². The summed E-state index contributed by atoms with van der Waals surface area (Å²) in [7, 11) is 0. The van der Waals surface area contributed by atoms with Gasteiger partial charge in [-0.05, 0) is 153 Å². The van der Waals surface area contributed by atoms with E-state index in [9.17, 15) is 0 Å². The lowest BCUT2D eigenvalue weighted by Gasteiger charge is -2.54. The minimum absolute atomic E-state index is 0.00942. The molecule has 0 radical (unpaired) electrons. The van der Waals surface area contributed by atoms with Crippen LogP contribution in [0.4, 0.5) is 17.1 Å². The maximum atomic E-state index is 3.94. The first-order valence-electron chi connectivity index (χ1n) is 24.4. The third-order valence-corrected chi connectivity index (χ3v) is 15.9. The fourth-order valence-corrected chi connectivity index (χ4v) is 11.7. The number of anilines is 3. The number of benzene rings is 4. The van der Waals surface area contributed by atoms with Crippen molar-refractivity contribution in [3.8, 4) is 0 Å². The van der Waals surface area contributed by atoms with Gasteiger partial charge in [0.2, 0.25) is 6.71 Å². The smallest absolute Gasteiger partial charge is 0.248 e. The Labute approximate surface area is 387 Å². The predicted molar refractivity (Wildman–Crippen MR) is 277 cm³/mol. The topological polar surface area (TPSA) is 18.5 Å². The van der Waals surface area contributed by atoms with E-state index in [1.165, 1.54) is 87.0 Å². The lowest BCUT2D eigenvalue weighted by molar-refractivity contribution is 0.0483. The van der Waals surface area contributed by atoms with Crippen molar-refractivity contribution in [3.05, 3.63) is 171 Å². The van der Waals surface area contributed by atoms with Gasteiger partial charge in [0, 0.05) is 39.6 Å². The summed E-state index contributed by atoms with van der Waals surface area (Å²) in [4.78, 5) is 5.42. The average Bonchev–Trinajstić information content (AvgIpc) is 3.44. The molecule has 2 unspecified atom stereocenters. The van der Waals surface area contributed by atoms with Gasteiger partial charge >= 0.3 is 0 Å². The Morgan fingerprint density at radius 2 is 1.14 bits per heavy atom. The van der Waals surface area contributed by atoms with Crippen LogP contribution in [0.15, 0.2) is 143 Å². The third-order valence-electron chi connectivity index (χ3n) is 15.9. The Kier molecular flexibility index (Phi) is 10.6. The number of fused-ring (bicyclic) bond motifs is 9. The van der Waals surface area contributed by atoms with Crippen molar-refractivity contribution in [3.63, 3.8) is 0 Å². The Morgan fingerprint density at radius 1 is 0.625 bits per heavy atom. The van der Waals surface area contributed by atoms with Crippen LogP contribution >= 0.6 is 0 Å². The number of hydrogen-bond acceptors (Lipinski definition) is 3. The van der Waals surface area contributed by atoms with Crippen LogP contribution in [0.2, 0.25) is 0 Å². The second kappa shape index (κ2) is 15.3. The van der Waals surface area contributed by atoms with E-state index in [1.54, 1.807) is 5.57 Å². The van der Waals surface area contributed by atoms with Gasteiger partial charge in [-0.3, -0.25) is 0 Å². The van der Waals surface area contributed by atoms with Gasteiger partial charge in [0.1, 0.15) is 0 Å². The van der Waals surface area contributed by atoms with Gasteiger partial charge in [-0.15, -0.1) is 0 Å². The molecule has 3 heterocycles. The van der Waals surface area contributed by atoms with Gasteiger partial charge in [0.25, 0.3) is 0 Å². The Morgan fingerprint density at radius 3 is 1.69 bits per heavy atom. The van der Waals surface area contributed by atoms with Crippen LogP contribution in [0, 0.1) is 5.41 Å². The van der Waals surface area contributed by atoms with Crippen molar-refractivity contribution < 1.29 is 0 Å². The van der Waals surface area contributed by atoms with E-state index in [2.05, 4.69) is 227 Å². The van der Waals surface area contributed by atoms with Gasteiger partial charge in [0.05, 0.1) is 5.54 Å². The summed E-state index contributed by atoms with van der Waals surface area (Å²) in [6.07, 6.45) is 17.3. The summed E-state index contributed by atoms with van der Waals surface area (Å²) >= 11 is 0. The van der Waals surface area contributed by atoms with Gasteiger partial charge in [0.15, 0.2) is 0 Å². The highest BCUT2D eigenvalue weighted by molar-refractivity contribution is 6.88. The monoisotopic (exact) mass is 848 g/mol. The van der Waals surface area contributed by atoms with E-state index in [0.29, 0.717) is 0 Å². The molecule has 1 N–H and O–H groups in total. The minimum atomic E-state index is -0.0580. The lowest BCUT2D eigenvalue weighted by atomic mass is 9.31. The van der Waals surface area contributed by atoms with E-state index in [1.807, 2.05) is 0 Å². The fraction of sp³-hybridized carbons (Fsp3) is 0.433. The average molecular weight is 848 g/mol. The Bertz CT molecular complexity index is 2570. The van der Waals surface area contributed by atoms with E-state index >= 15 is 0 Å². The maximum absolute atomic E-state index is 3.94. The molecule has 3 nitrogen and oxygen atoms in total. The molecule has 9 rings (SSSR count). The first-order valence-corrected chi connectivity index (χ1v) is 24.4. The summed E-state index contributed by atoms with van der Waals surface area (Å²) in [5.74, 6) is 0. The van der Waals surface area contributed by atoms with Crippen LogP contribution in [-0.4, -0.2) is 17.2 Å². The van der Waals surface area contributed by atoms with Crippen molar-refractivity contribution >= 4 is 35.3 Å². The molecule has 2 bridgehead atoms. The molecule has 4 heteroatoms. The second-order valence-electron chi connectivity index (χ2n) is 24.3. The molecule has 0 spiro atoms. The molecule has 2 aliphatic carbocycles. The number of hydrogen-bond donors (Lipinski definition) is 1. The summed E-state index contributed by atoms with van der Waals surface area (Å²) in [6, 6.07) is 35.3. The molecular formula is C60H74BN3. The zero-order chi connectivity index (χ0) is 45.8. The Balaban J connectivity index is 1.36. The predicted octanol–water partition coefficient (Wildman–Crippen LogP) is 15.4. The molecule has 2 fully saturated rings. The summed E-state index contributed by atoms with van der Waals surface area (Å²) < 4.78 is 0. The molecule has 4 aromatic rings. The van der Waals surface area contributed by atoms with Gasteiger partial charge in [-0.2, -0.15) is 0 Å². The largest absolute Gasteiger partial charge is 0.362 e. The zero-order valence-electron chi connectivity index (χ0n) is 41.7. The highest BCUT2D eigenvalue weighted by atomic mass is 15.3. The first kappa shape index (κ1) is 44.3. The van der Waals surface area contributed by atoms with Crippen molar-refractivity contribution in [2.45, 2.75) is 163 Å². The van der Waals surface area contributed by atoms with Crippen molar-refractivity contribution in [2.24, 2.45) is 5.41 Å². The van der Waals surface area contributed by atoms with E-state index in [-0.39, 0.29) is 39.3 Å². The molecule has 0 amide bonds. The number of rotatable bonds is 5. The minimum Gasteiger partial charge on any atom is -0.362 e. The van der Waals surface area contributed by atoms with Crippen molar-refractivity contribution in [1.29, 1.82) is 0 Å². The van der Waals surface area contributed by atoms with E-state index < -0.39 is 0 Å². The summed E-state index contributed by atoms with van der Waals surface area (Å²) in [6.45, 7) is 33.1. The van der Waals surface area contributed by atoms with Gasteiger partial charge in [-0.25, -0.2) is 0 Å². The number of nitrogens with one attached hydrogen (secondary N) is 1. The Hall–Kier alpha value is -4.96. The fourth-order valence-electron chi connectivity index (χ4n) is 11.7. The van der Waals surface area contributed by atoms with Gasteiger partial charge < -0.3 is 15.1 Å². The quantitative estimate of drug-likeness (QED) is 0.202. The second-order valence-corrected chi connectivity index (χ2v) is 24.3. The number of nitrogens with zero attached hydrogens (tertiary/aromatic N) is 2. The molecular weight excluding hydrogens is 773 g/mol. The van der Waals surface area contributed by atoms with Crippen LogP contribution < -0.4 is 15.7 Å². The third kappa shape index (κ3) is 7.45. The standard InChI is InChI=1S/C60H74BN3/c1-55(2,3)41-22-28-45(29-23-41)62-39-52-53-38-48(63(46-30-24-42(25-31-46)56(4,5)6)47-32-26-43(27-33-47)57(7,8)9)36-40-20-21-44(58(10,11)12)37-51(40)61(52)50-19-17-18-49-54(50)64(53)60(14)35-16-15-34-59(49,60)13/h19-33,36-39,62H,15-18,34-35H2,1-14H3/b48-36+,52-39-,53-38+. The van der Waals surface area contributed by atoms with Crippen molar-refractivity contribution in [1.82, 2.24) is 4.90 Å². The molecule has 64 heavy (non-hydrogen) atoms. The maximum Gasteiger partial charge on any atom is 0.248 e. The van der Waals surface area contributed by atoms with Crippen LogP contribution in [0.1, 0.15) is 163 Å². The molecule has 5 aliphatic rings. The summed E-state index contributed by atoms with van der Waals surface area (Å²) in [5.41, 5.74) is 20.3. The molecule has 332 valence electrons. The van der Waals surface area contributed by atoms with Crippen molar-refractivity contribution in [2.75, 3.05) is 10.2 Å².